The number of carbonyl (C=O) groups excluding carboxylic acids is 1. The van der Waals surface area contributed by atoms with Gasteiger partial charge in [0.15, 0.2) is 0 Å². The maximum Gasteiger partial charge on any atom is 0.416 e. The summed E-state index contributed by atoms with van der Waals surface area (Å²) in [6, 6.07) is 5.14. The molecule has 1 aliphatic heterocycles. The van der Waals surface area contributed by atoms with Crippen LogP contribution in [0.2, 0.25) is 4.34 Å². The quantitative estimate of drug-likeness (QED) is 0.661. The first-order valence-corrected chi connectivity index (χ1v) is 11.5. The van der Waals surface area contributed by atoms with Crippen molar-refractivity contribution in [1.29, 1.82) is 0 Å². The van der Waals surface area contributed by atoms with Gasteiger partial charge in [-0.05, 0) is 42.2 Å². The monoisotopic (exact) mass is 482 g/mol. The molecule has 1 amide bonds. The summed E-state index contributed by atoms with van der Waals surface area (Å²) in [5, 5.41) is 11.5. The van der Waals surface area contributed by atoms with Crippen molar-refractivity contribution >= 4 is 38.9 Å². The van der Waals surface area contributed by atoms with E-state index < -0.39 is 46.9 Å². The maximum absolute atomic E-state index is 13.3. The lowest BCUT2D eigenvalue weighted by atomic mass is 10.0. The summed E-state index contributed by atoms with van der Waals surface area (Å²) in [6.45, 7) is -0.832. The Morgan fingerprint density at radius 3 is 2.63 bits per heavy atom. The second-order valence-electron chi connectivity index (χ2n) is 6.70. The van der Waals surface area contributed by atoms with E-state index in [9.17, 15) is 26.4 Å². The molecule has 30 heavy (non-hydrogen) atoms. The van der Waals surface area contributed by atoms with Crippen molar-refractivity contribution < 1.29 is 31.5 Å². The van der Waals surface area contributed by atoms with E-state index in [0.717, 1.165) is 21.7 Å². The van der Waals surface area contributed by atoms with Crippen LogP contribution in [-0.4, -0.2) is 36.3 Å². The van der Waals surface area contributed by atoms with Gasteiger partial charge in [-0.1, -0.05) is 23.7 Å². The maximum atomic E-state index is 13.3. The molecular formula is C18H18ClF3N2O4S2. The van der Waals surface area contributed by atoms with E-state index in [1.54, 1.807) is 0 Å². The normalized spacial score (nSPS) is 18.0. The molecule has 6 nitrogen and oxygen atoms in total. The second kappa shape index (κ2) is 8.83. The van der Waals surface area contributed by atoms with E-state index in [2.05, 4.69) is 5.32 Å². The Morgan fingerprint density at radius 1 is 1.30 bits per heavy atom. The number of thiophene rings is 1. The van der Waals surface area contributed by atoms with Crippen molar-refractivity contribution in [1.82, 2.24) is 9.62 Å². The lowest BCUT2D eigenvalue weighted by molar-refractivity contribution is -0.138. The number of rotatable bonds is 6. The van der Waals surface area contributed by atoms with E-state index in [4.69, 9.17) is 16.7 Å². The summed E-state index contributed by atoms with van der Waals surface area (Å²) in [7, 11) is -3.94. The number of carbonyl (C=O) groups is 1. The van der Waals surface area contributed by atoms with Crippen molar-refractivity contribution in [3.8, 4) is 0 Å². The molecule has 0 aliphatic carbocycles. The Hall–Kier alpha value is -1.66. The average molecular weight is 483 g/mol. The molecule has 3 rings (SSSR count). The Balaban J connectivity index is 1.76. The van der Waals surface area contributed by atoms with Crippen molar-refractivity contribution in [2.24, 2.45) is 0 Å². The molecule has 1 aromatic carbocycles. The van der Waals surface area contributed by atoms with Crippen LogP contribution in [0.5, 0.6) is 0 Å². The van der Waals surface area contributed by atoms with E-state index in [1.165, 1.54) is 24.3 Å². The fourth-order valence-corrected chi connectivity index (χ4v) is 6.55. The van der Waals surface area contributed by atoms with Crippen molar-refractivity contribution in [3.63, 3.8) is 0 Å². The van der Waals surface area contributed by atoms with Crippen LogP contribution < -0.4 is 5.32 Å². The molecule has 12 heteroatoms. The van der Waals surface area contributed by atoms with Gasteiger partial charge in [0, 0.05) is 13.1 Å². The van der Waals surface area contributed by atoms with E-state index in [0.29, 0.717) is 10.8 Å². The fraction of sp³-hybridized carbons (Fsp3) is 0.389. The third-order valence-corrected chi connectivity index (χ3v) is 8.34. The summed E-state index contributed by atoms with van der Waals surface area (Å²) in [5.41, 5.74) is -1.04. The predicted molar refractivity (Wildman–Crippen MR) is 105 cm³/mol. The second-order valence-corrected chi connectivity index (χ2v) is 10.5. The highest BCUT2D eigenvalue weighted by Gasteiger charge is 2.40. The third kappa shape index (κ3) is 4.80. The van der Waals surface area contributed by atoms with Crippen LogP contribution >= 0.6 is 22.9 Å². The summed E-state index contributed by atoms with van der Waals surface area (Å²) in [6.07, 6.45) is -3.94. The number of hydrogen-bond donors (Lipinski definition) is 2. The molecule has 2 heterocycles. The molecule has 0 radical (unpaired) electrons. The number of benzene rings is 1. The minimum atomic E-state index is -4.66. The van der Waals surface area contributed by atoms with Crippen LogP contribution in [0, 0.1) is 0 Å². The largest absolute Gasteiger partial charge is 0.416 e. The molecule has 0 unspecified atom stereocenters. The van der Waals surface area contributed by atoms with Crippen molar-refractivity contribution in [3.05, 3.63) is 51.4 Å². The van der Waals surface area contributed by atoms with Gasteiger partial charge in [0.1, 0.15) is 10.3 Å². The highest BCUT2D eigenvalue weighted by atomic mass is 35.5. The molecule has 1 aromatic heterocycles. The fourth-order valence-electron chi connectivity index (χ4n) is 3.28. The Morgan fingerprint density at radius 2 is 2.03 bits per heavy atom. The number of nitrogens with one attached hydrogen (secondary N) is 1. The van der Waals surface area contributed by atoms with Gasteiger partial charge in [0.2, 0.25) is 5.91 Å². The lowest BCUT2D eigenvalue weighted by Gasteiger charge is -2.23. The molecule has 0 bridgehead atoms. The topological polar surface area (TPSA) is 86.7 Å². The van der Waals surface area contributed by atoms with E-state index in [-0.39, 0.29) is 28.3 Å². The summed E-state index contributed by atoms with van der Waals surface area (Å²) < 4.78 is 66.9. The zero-order valence-corrected chi connectivity index (χ0v) is 17.8. The molecule has 1 atom stereocenters. The van der Waals surface area contributed by atoms with Gasteiger partial charge in [0.25, 0.3) is 10.0 Å². The van der Waals surface area contributed by atoms with Crippen LogP contribution in [0.15, 0.2) is 34.5 Å². The minimum Gasteiger partial charge on any atom is -0.392 e. The summed E-state index contributed by atoms with van der Waals surface area (Å²) >= 11 is 6.68. The average Bonchev–Trinajstić information content (AvgIpc) is 3.35. The number of nitrogens with zero attached hydrogens (tertiary/aromatic N) is 1. The number of amides is 1. The van der Waals surface area contributed by atoms with Gasteiger partial charge in [-0.15, -0.1) is 11.3 Å². The smallest absolute Gasteiger partial charge is 0.392 e. The number of halogens is 4. The molecule has 0 spiro atoms. The lowest BCUT2D eigenvalue weighted by Crippen LogP contribution is -2.45. The van der Waals surface area contributed by atoms with Crippen LogP contribution in [0.4, 0.5) is 13.2 Å². The molecule has 2 aromatic rings. The third-order valence-electron chi connectivity index (χ3n) is 4.73. The molecule has 1 saturated heterocycles. The van der Waals surface area contributed by atoms with E-state index >= 15 is 0 Å². The van der Waals surface area contributed by atoms with Gasteiger partial charge in [-0.25, -0.2) is 8.42 Å². The molecule has 0 saturated carbocycles. The van der Waals surface area contributed by atoms with Gasteiger partial charge in [-0.3, -0.25) is 4.79 Å². The summed E-state index contributed by atoms with van der Waals surface area (Å²) in [5.74, 6) is -0.668. The first-order valence-electron chi connectivity index (χ1n) is 8.89. The predicted octanol–water partition coefficient (Wildman–Crippen LogP) is 3.38. The number of aliphatic hydroxyl groups excluding tert-OH is 1. The molecular weight excluding hydrogens is 465 g/mol. The molecule has 1 fully saturated rings. The Kier molecular flexibility index (Phi) is 6.78. The van der Waals surface area contributed by atoms with Gasteiger partial charge >= 0.3 is 6.18 Å². The van der Waals surface area contributed by atoms with Gasteiger partial charge in [0.05, 0.1) is 16.5 Å². The molecule has 164 valence electrons. The highest BCUT2D eigenvalue weighted by molar-refractivity contribution is 7.91. The first-order chi connectivity index (χ1) is 14.0. The van der Waals surface area contributed by atoms with Crippen LogP contribution in [-0.2, 0) is 34.1 Å². The highest BCUT2D eigenvalue weighted by Crippen LogP contribution is 2.34. The first kappa shape index (κ1) is 23.0. The Labute approximate surface area is 180 Å². The van der Waals surface area contributed by atoms with Crippen LogP contribution in [0.3, 0.4) is 0 Å². The number of alkyl halides is 3. The SMILES string of the molecule is O=C(NCc1ccc(CO)cc1C(F)(F)F)[C@@H]1CCCN1S(=O)(=O)c1ccc(Cl)s1. The van der Waals surface area contributed by atoms with Crippen molar-refractivity contribution in [2.45, 2.75) is 42.4 Å². The standard InChI is InChI=1S/C18H18ClF3N2O4S2/c19-15-5-6-16(29-15)30(27,28)24-7-1-2-14(24)17(26)23-9-12-4-3-11(10-25)8-13(12)18(20,21)22/h3-6,8,14,25H,1-2,7,9-10H2,(H,23,26)/t14-/m0/s1. The van der Waals surface area contributed by atoms with Crippen molar-refractivity contribution in [2.75, 3.05) is 6.54 Å². The van der Waals surface area contributed by atoms with Gasteiger partial charge < -0.3 is 10.4 Å². The van der Waals surface area contributed by atoms with Crippen LogP contribution in [0.1, 0.15) is 29.5 Å². The zero-order chi connectivity index (χ0) is 22.1. The molecule has 1 aliphatic rings. The number of aliphatic hydroxyl groups is 1. The summed E-state index contributed by atoms with van der Waals surface area (Å²) in [4.78, 5) is 12.6. The molecule has 2 N–H and O–H groups in total. The van der Waals surface area contributed by atoms with Crippen LogP contribution in [0.25, 0.3) is 0 Å². The number of sulfonamides is 1. The van der Waals surface area contributed by atoms with Gasteiger partial charge in [-0.2, -0.15) is 17.5 Å². The van der Waals surface area contributed by atoms with E-state index in [1.807, 2.05) is 0 Å². The Bertz CT molecular complexity index is 1040. The number of hydrogen-bond acceptors (Lipinski definition) is 5. The minimum absolute atomic E-state index is 0.00569. The zero-order valence-electron chi connectivity index (χ0n) is 15.4.